The van der Waals surface area contributed by atoms with Gasteiger partial charge in [-0.15, -0.1) is 0 Å². The second kappa shape index (κ2) is 29.8. The highest BCUT2D eigenvalue weighted by atomic mass is 16.5. The van der Waals surface area contributed by atoms with E-state index in [9.17, 15) is 14.4 Å². The third-order valence-corrected chi connectivity index (χ3v) is 8.29. The molecular formula is C40H67NO5. The second-order valence-corrected chi connectivity index (χ2v) is 13.2. The monoisotopic (exact) mass is 642 g/mol. The van der Waals surface area contributed by atoms with Gasteiger partial charge in [-0.3, -0.25) is 14.4 Å². The predicted molar refractivity (Wildman–Crippen MR) is 190 cm³/mol. The summed E-state index contributed by atoms with van der Waals surface area (Å²) in [5.74, 6) is -0.374. The van der Waals surface area contributed by atoms with Crippen LogP contribution in [0.25, 0.3) is 0 Å². The van der Waals surface area contributed by atoms with Crippen LogP contribution in [0.4, 0.5) is 0 Å². The quantitative estimate of drug-likeness (QED) is 0.0513. The van der Waals surface area contributed by atoms with Crippen LogP contribution in [0.3, 0.4) is 0 Å². The standard InChI is InChI=1S/C40H67NO5/c1-4-5-6-7-8-9-10-13-16-19-25-30-37(32-38(42)41-33-40(44)45-34-36-28-23-21-24-29-36)46-39(43)31-26-20-17-14-11-12-15-18-22-27-35(2)3/h21-24,27-29,35,37H,4-20,25-26,30-34H2,1-3H3,(H,41,42)/b27-22+. The number of carbonyl (C=O) groups excluding carboxylic acids is 3. The summed E-state index contributed by atoms with van der Waals surface area (Å²) in [4.78, 5) is 37.5. The Labute approximate surface area is 281 Å². The van der Waals surface area contributed by atoms with Crippen molar-refractivity contribution in [2.75, 3.05) is 6.54 Å². The highest BCUT2D eigenvalue weighted by molar-refractivity contribution is 5.82. The van der Waals surface area contributed by atoms with Crippen LogP contribution in [-0.2, 0) is 30.5 Å². The first kappa shape index (κ1) is 41.4. The number of esters is 2. The Hall–Kier alpha value is -2.63. The molecule has 0 saturated heterocycles. The summed E-state index contributed by atoms with van der Waals surface area (Å²) in [6, 6.07) is 9.44. The van der Waals surface area contributed by atoms with E-state index in [-0.39, 0.29) is 31.4 Å². The topological polar surface area (TPSA) is 81.7 Å². The number of hydrogen-bond donors (Lipinski definition) is 1. The van der Waals surface area contributed by atoms with E-state index in [1.807, 2.05) is 30.3 Å². The zero-order valence-corrected chi connectivity index (χ0v) is 29.7. The highest BCUT2D eigenvalue weighted by Gasteiger charge is 2.19. The fourth-order valence-electron chi connectivity index (χ4n) is 5.51. The molecule has 6 nitrogen and oxygen atoms in total. The average molecular weight is 642 g/mol. The molecule has 0 heterocycles. The smallest absolute Gasteiger partial charge is 0.325 e. The average Bonchev–Trinajstić information content (AvgIpc) is 3.04. The highest BCUT2D eigenvalue weighted by Crippen LogP contribution is 2.17. The zero-order valence-electron chi connectivity index (χ0n) is 29.7. The number of amides is 1. The molecule has 1 N–H and O–H groups in total. The van der Waals surface area contributed by atoms with Crippen LogP contribution in [0.15, 0.2) is 42.5 Å². The van der Waals surface area contributed by atoms with Crippen molar-refractivity contribution in [3.05, 3.63) is 48.0 Å². The van der Waals surface area contributed by atoms with E-state index < -0.39 is 12.1 Å². The number of unbranched alkanes of at least 4 members (excludes halogenated alkanes) is 17. The first-order chi connectivity index (χ1) is 22.4. The summed E-state index contributed by atoms with van der Waals surface area (Å²) in [5.41, 5.74) is 0.895. The third kappa shape index (κ3) is 26.6. The number of rotatable bonds is 30. The van der Waals surface area contributed by atoms with E-state index in [4.69, 9.17) is 9.47 Å². The maximum Gasteiger partial charge on any atom is 0.325 e. The fraction of sp³-hybridized carbons (Fsp3) is 0.725. The summed E-state index contributed by atoms with van der Waals surface area (Å²) in [5, 5.41) is 2.65. The molecule has 262 valence electrons. The van der Waals surface area contributed by atoms with Crippen molar-refractivity contribution >= 4 is 17.8 Å². The van der Waals surface area contributed by atoms with Gasteiger partial charge in [-0.2, -0.15) is 0 Å². The molecular weight excluding hydrogens is 574 g/mol. The predicted octanol–water partition coefficient (Wildman–Crippen LogP) is 10.6. The molecule has 0 saturated carbocycles. The van der Waals surface area contributed by atoms with Crippen LogP contribution in [0.5, 0.6) is 0 Å². The molecule has 0 aromatic heterocycles. The van der Waals surface area contributed by atoms with Crippen molar-refractivity contribution in [2.24, 2.45) is 5.92 Å². The SMILES string of the molecule is CCCCCCCCCCCCCC(CC(=O)NCC(=O)OCc1ccccc1)OC(=O)CCCCCCCCC/C=C/C(C)C. The second-order valence-electron chi connectivity index (χ2n) is 13.2. The lowest BCUT2D eigenvalue weighted by Gasteiger charge is -2.18. The summed E-state index contributed by atoms with van der Waals surface area (Å²) in [6.07, 6.45) is 28.0. The molecule has 0 aliphatic heterocycles. The molecule has 0 bridgehead atoms. The minimum atomic E-state index is -0.487. The molecule has 1 unspecified atom stereocenters. The fourth-order valence-corrected chi connectivity index (χ4v) is 5.51. The van der Waals surface area contributed by atoms with Crippen LogP contribution in [-0.4, -0.2) is 30.5 Å². The summed E-state index contributed by atoms with van der Waals surface area (Å²) in [7, 11) is 0. The van der Waals surface area contributed by atoms with Crippen molar-refractivity contribution in [1.82, 2.24) is 5.32 Å². The molecule has 1 aromatic carbocycles. The van der Waals surface area contributed by atoms with Crippen LogP contribution in [0.1, 0.15) is 168 Å². The van der Waals surface area contributed by atoms with Crippen molar-refractivity contribution < 1.29 is 23.9 Å². The molecule has 46 heavy (non-hydrogen) atoms. The number of benzene rings is 1. The maximum absolute atomic E-state index is 12.7. The van der Waals surface area contributed by atoms with Gasteiger partial charge in [0, 0.05) is 6.42 Å². The normalized spacial score (nSPS) is 12.0. The maximum atomic E-state index is 12.7. The molecule has 0 aliphatic rings. The van der Waals surface area contributed by atoms with Gasteiger partial charge in [0.15, 0.2) is 0 Å². The molecule has 0 fully saturated rings. The number of hydrogen-bond acceptors (Lipinski definition) is 5. The lowest BCUT2D eigenvalue weighted by atomic mass is 10.0. The zero-order chi connectivity index (χ0) is 33.5. The van der Waals surface area contributed by atoms with E-state index in [0.29, 0.717) is 18.8 Å². The van der Waals surface area contributed by atoms with Crippen LogP contribution in [0.2, 0.25) is 0 Å². The molecule has 0 spiro atoms. The Balaban J connectivity index is 2.33. The van der Waals surface area contributed by atoms with Crippen molar-refractivity contribution in [3.8, 4) is 0 Å². The van der Waals surface area contributed by atoms with Gasteiger partial charge >= 0.3 is 11.9 Å². The van der Waals surface area contributed by atoms with E-state index >= 15 is 0 Å². The Kier molecular flexibility index (Phi) is 26.8. The summed E-state index contributed by atoms with van der Waals surface area (Å²) < 4.78 is 11.1. The first-order valence-electron chi connectivity index (χ1n) is 18.7. The third-order valence-electron chi connectivity index (χ3n) is 8.29. The van der Waals surface area contributed by atoms with E-state index in [1.54, 1.807) is 0 Å². The van der Waals surface area contributed by atoms with Crippen LogP contribution >= 0.6 is 0 Å². The molecule has 1 atom stereocenters. The molecule has 0 aliphatic carbocycles. The lowest BCUT2D eigenvalue weighted by Crippen LogP contribution is -2.34. The van der Waals surface area contributed by atoms with E-state index in [2.05, 4.69) is 38.2 Å². The number of nitrogens with one attached hydrogen (secondary N) is 1. The van der Waals surface area contributed by atoms with Gasteiger partial charge < -0.3 is 14.8 Å². The van der Waals surface area contributed by atoms with Gasteiger partial charge in [-0.1, -0.05) is 160 Å². The van der Waals surface area contributed by atoms with Crippen molar-refractivity contribution in [3.63, 3.8) is 0 Å². The summed E-state index contributed by atoms with van der Waals surface area (Å²) in [6.45, 7) is 6.64. The van der Waals surface area contributed by atoms with Gasteiger partial charge in [0.05, 0.1) is 6.42 Å². The van der Waals surface area contributed by atoms with Gasteiger partial charge in [0.25, 0.3) is 0 Å². The minimum Gasteiger partial charge on any atom is -0.462 e. The number of ether oxygens (including phenoxy) is 2. The molecule has 0 radical (unpaired) electrons. The molecule has 1 aromatic rings. The van der Waals surface area contributed by atoms with Gasteiger partial charge in [0.1, 0.15) is 19.3 Å². The van der Waals surface area contributed by atoms with Crippen molar-refractivity contribution in [1.29, 1.82) is 0 Å². The van der Waals surface area contributed by atoms with Gasteiger partial charge in [-0.25, -0.2) is 0 Å². The molecule has 1 rings (SSSR count). The largest absolute Gasteiger partial charge is 0.462 e. The van der Waals surface area contributed by atoms with Gasteiger partial charge in [0.2, 0.25) is 5.91 Å². The Morgan fingerprint density at radius 1 is 0.717 bits per heavy atom. The Bertz CT molecular complexity index is 913. The Morgan fingerprint density at radius 2 is 1.28 bits per heavy atom. The number of allylic oxidation sites excluding steroid dienone is 2. The lowest BCUT2D eigenvalue weighted by molar-refractivity contribution is -0.152. The summed E-state index contributed by atoms with van der Waals surface area (Å²) >= 11 is 0. The number of carbonyl (C=O) groups is 3. The van der Waals surface area contributed by atoms with E-state index in [0.717, 1.165) is 37.7 Å². The first-order valence-corrected chi connectivity index (χ1v) is 18.7. The van der Waals surface area contributed by atoms with E-state index in [1.165, 1.54) is 89.9 Å². The Morgan fingerprint density at radius 3 is 1.89 bits per heavy atom. The van der Waals surface area contributed by atoms with Crippen molar-refractivity contribution in [2.45, 2.75) is 175 Å². The van der Waals surface area contributed by atoms with Crippen LogP contribution in [0, 0.1) is 5.92 Å². The molecule has 1 amide bonds. The molecule has 6 heteroatoms. The minimum absolute atomic E-state index is 0.0713. The van der Waals surface area contributed by atoms with Gasteiger partial charge in [-0.05, 0) is 43.6 Å². The van der Waals surface area contributed by atoms with Crippen LogP contribution < -0.4 is 5.32 Å².